The molecule has 20 heavy (non-hydrogen) atoms. The first-order chi connectivity index (χ1) is 9.65. The Labute approximate surface area is 116 Å². The van der Waals surface area contributed by atoms with Crippen molar-refractivity contribution in [2.75, 3.05) is 0 Å². The number of nitrogens with zero attached hydrogens (tertiary/aromatic N) is 3. The van der Waals surface area contributed by atoms with Crippen LogP contribution in [-0.2, 0) is 0 Å². The maximum Gasteiger partial charge on any atom is 0.244 e. The lowest BCUT2D eigenvalue weighted by Crippen LogP contribution is -2.16. The molecule has 0 amide bonds. The second-order valence-electron chi connectivity index (χ2n) is 5.12. The summed E-state index contributed by atoms with van der Waals surface area (Å²) in [5.74, 6) is 1.17. The molecule has 0 aliphatic rings. The van der Waals surface area contributed by atoms with Gasteiger partial charge in [0.05, 0.1) is 11.6 Å². The normalized spacial score (nSPS) is 13.0. The van der Waals surface area contributed by atoms with Gasteiger partial charge in [0, 0.05) is 5.39 Å². The summed E-state index contributed by atoms with van der Waals surface area (Å²) in [4.78, 5) is 8.88. The predicted molar refractivity (Wildman–Crippen MR) is 76.8 cm³/mol. The van der Waals surface area contributed by atoms with Crippen LogP contribution in [-0.4, -0.2) is 15.1 Å². The molecule has 2 N–H and O–H groups in total. The van der Waals surface area contributed by atoms with Crippen molar-refractivity contribution >= 4 is 10.9 Å². The molecule has 102 valence electrons. The summed E-state index contributed by atoms with van der Waals surface area (Å²) in [5.41, 5.74) is 7.60. The molecule has 3 rings (SSSR count). The zero-order chi connectivity index (χ0) is 14.1. The smallest absolute Gasteiger partial charge is 0.244 e. The third kappa shape index (κ3) is 2.28. The molecule has 0 unspecified atom stereocenters. The molecule has 1 aromatic carbocycles. The van der Waals surface area contributed by atoms with E-state index in [9.17, 15) is 0 Å². The van der Waals surface area contributed by atoms with Crippen LogP contribution in [0.5, 0.6) is 0 Å². The third-order valence-corrected chi connectivity index (χ3v) is 3.27. The highest BCUT2D eigenvalue weighted by Gasteiger charge is 2.19. The predicted octanol–water partition coefficient (Wildman–Crippen LogP) is 2.94. The average molecular weight is 268 g/mol. The monoisotopic (exact) mass is 268 g/mol. The number of rotatable bonds is 3. The van der Waals surface area contributed by atoms with E-state index in [1.165, 1.54) is 0 Å². The van der Waals surface area contributed by atoms with Gasteiger partial charge in [0.2, 0.25) is 11.7 Å². The molecule has 0 radical (unpaired) electrons. The van der Waals surface area contributed by atoms with Crippen LogP contribution in [0.2, 0.25) is 0 Å². The Morgan fingerprint density at radius 2 is 1.85 bits per heavy atom. The fourth-order valence-electron chi connectivity index (χ4n) is 1.95. The van der Waals surface area contributed by atoms with Gasteiger partial charge in [-0.15, -0.1) is 0 Å². The largest absolute Gasteiger partial charge is 0.337 e. The van der Waals surface area contributed by atoms with Gasteiger partial charge in [-0.05, 0) is 18.1 Å². The van der Waals surface area contributed by atoms with Gasteiger partial charge in [0.25, 0.3) is 0 Å². The SMILES string of the molecule is CC(C)[C@@H](N)c1nc(-c2ccc3ccccc3n2)no1. The first kappa shape index (κ1) is 12.7. The fraction of sp³-hybridized carbons (Fsp3) is 0.267. The number of fused-ring (bicyclic) bond motifs is 1. The number of aromatic nitrogens is 3. The van der Waals surface area contributed by atoms with Gasteiger partial charge in [0.1, 0.15) is 5.69 Å². The molecule has 0 aliphatic heterocycles. The molecule has 0 aliphatic carbocycles. The Balaban J connectivity index is 1.99. The van der Waals surface area contributed by atoms with Gasteiger partial charge in [0.15, 0.2) is 0 Å². The number of para-hydroxylation sites is 1. The zero-order valence-electron chi connectivity index (χ0n) is 11.4. The van der Waals surface area contributed by atoms with Crippen LogP contribution in [0.15, 0.2) is 40.9 Å². The van der Waals surface area contributed by atoms with Crippen LogP contribution in [0.25, 0.3) is 22.4 Å². The first-order valence-corrected chi connectivity index (χ1v) is 6.60. The lowest BCUT2D eigenvalue weighted by atomic mass is 10.1. The van der Waals surface area contributed by atoms with E-state index in [0.29, 0.717) is 17.4 Å². The van der Waals surface area contributed by atoms with Crippen LogP contribution in [0.4, 0.5) is 0 Å². The Kier molecular flexibility index (Phi) is 3.20. The molecule has 0 saturated carbocycles. The highest BCUT2D eigenvalue weighted by Crippen LogP contribution is 2.22. The minimum Gasteiger partial charge on any atom is -0.337 e. The van der Waals surface area contributed by atoms with Crippen molar-refractivity contribution in [3.8, 4) is 11.5 Å². The standard InChI is InChI=1S/C15H16N4O/c1-9(2)13(16)15-18-14(19-20-15)12-8-7-10-5-3-4-6-11(10)17-12/h3-9,13H,16H2,1-2H3/t13-/m1/s1. The zero-order valence-corrected chi connectivity index (χ0v) is 11.4. The molecule has 0 fully saturated rings. The van der Waals surface area contributed by atoms with Crippen molar-refractivity contribution in [1.29, 1.82) is 0 Å². The maximum atomic E-state index is 6.00. The van der Waals surface area contributed by atoms with Gasteiger partial charge in [-0.25, -0.2) is 4.98 Å². The van der Waals surface area contributed by atoms with Crippen molar-refractivity contribution in [2.24, 2.45) is 11.7 Å². The Morgan fingerprint density at radius 1 is 1.05 bits per heavy atom. The lowest BCUT2D eigenvalue weighted by Gasteiger charge is -2.09. The quantitative estimate of drug-likeness (QED) is 0.790. The van der Waals surface area contributed by atoms with E-state index >= 15 is 0 Å². The van der Waals surface area contributed by atoms with Crippen molar-refractivity contribution in [3.63, 3.8) is 0 Å². The lowest BCUT2D eigenvalue weighted by molar-refractivity contribution is 0.325. The molecule has 0 bridgehead atoms. The number of pyridine rings is 1. The van der Waals surface area contributed by atoms with Crippen molar-refractivity contribution in [2.45, 2.75) is 19.9 Å². The number of benzene rings is 1. The third-order valence-electron chi connectivity index (χ3n) is 3.27. The average Bonchev–Trinajstić information content (AvgIpc) is 2.95. The molecule has 5 nitrogen and oxygen atoms in total. The number of hydrogen-bond acceptors (Lipinski definition) is 5. The van der Waals surface area contributed by atoms with Gasteiger partial charge >= 0.3 is 0 Å². The minimum atomic E-state index is -0.253. The van der Waals surface area contributed by atoms with Crippen molar-refractivity contribution in [1.82, 2.24) is 15.1 Å². The van der Waals surface area contributed by atoms with Crippen LogP contribution < -0.4 is 5.73 Å². The van der Waals surface area contributed by atoms with Crippen LogP contribution in [0, 0.1) is 5.92 Å². The van der Waals surface area contributed by atoms with Crippen molar-refractivity contribution < 1.29 is 4.52 Å². The number of nitrogens with two attached hydrogens (primary N) is 1. The molecule has 3 aromatic rings. The summed E-state index contributed by atoms with van der Waals surface area (Å²) in [6, 6.07) is 11.5. The van der Waals surface area contributed by atoms with E-state index in [4.69, 9.17) is 10.3 Å². The molecule has 0 spiro atoms. The van der Waals surface area contributed by atoms with Crippen LogP contribution in [0.1, 0.15) is 25.8 Å². The molecule has 0 saturated heterocycles. The summed E-state index contributed by atoms with van der Waals surface area (Å²) in [6.07, 6.45) is 0. The summed E-state index contributed by atoms with van der Waals surface area (Å²) < 4.78 is 5.23. The Hall–Kier alpha value is -2.27. The van der Waals surface area contributed by atoms with E-state index in [0.717, 1.165) is 10.9 Å². The van der Waals surface area contributed by atoms with Gasteiger partial charge < -0.3 is 10.3 Å². The van der Waals surface area contributed by atoms with E-state index in [2.05, 4.69) is 15.1 Å². The first-order valence-electron chi connectivity index (χ1n) is 6.60. The van der Waals surface area contributed by atoms with E-state index in [1.54, 1.807) is 0 Å². The molecule has 2 aromatic heterocycles. The highest BCUT2D eigenvalue weighted by molar-refractivity contribution is 5.80. The van der Waals surface area contributed by atoms with Gasteiger partial charge in [-0.2, -0.15) is 4.98 Å². The van der Waals surface area contributed by atoms with E-state index in [-0.39, 0.29) is 12.0 Å². The summed E-state index contributed by atoms with van der Waals surface area (Å²) in [5, 5.41) is 5.05. The van der Waals surface area contributed by atoms with E-state index in [1.807, 2.05) is 50.2 Å². The molecular weight excluding hydrogens is 252 g/mol. The Bertz CT molecular complexity index is 735. The second kappa shape index (κ2) is 5.02. The minimum absolute atomic E-state index is 0.243. The summed E-state index contributed by atoms with van der Waals surface area (Å²) in [6.45, 7) is 4.03. The summed E-state index contributed by atoms with van der Waals surface area (Å²) >= 11 is 0. The second-order valence-corrected chi connectivity index (χ2v) is 5.12. The topological polar surface area (TPSA) is 77.8 Å². The highest BCUT2D eigenvalue weighted by atomic mass is 16.5. The summed E-state index contributed by atoms with van der Waals surface area (Å²) in [7, 11) is 0. The van der Waals surface area contributed by atoms with Crippen molar-refractivity contribution in [3.05, 3.63) is 42.3 Å². The molecule has 2 heterocycles. The number of hydrogen-bond donors (Lipinski definition) is 1. The molecular formula is C15H16N4O. The van der Waals surface area contributed by atoms with Crippen LogP contribution in [0.3, 0.4) is 0 Å². The van der Waals surface area contributed by atoms with Crippen LogP contribution >= 0.6 is 0 Å². The van der Waals surface area contributed by atoms with Gasteiger partial charge in [-0.3, -0.25) is 0 Å². The van der Waals surface area contributed by atoms with Gasteiger partial charge in [-0.1, -0.05) is 43.3 Å². The Morgan fingerprint density at radius 3 is 2.65 bits per heavy atom. The van der Waals surface area contributed by atoms with E-state index < -0.39 is 0 Å². The maximum absolute atomic E-state index is 6.00. The molecule has 1 atom stereocenters. The fourth-order valence-corrected chi connectivity index (χ4v) is 1.95. The molecule has 5 heteroatoms.